The van der Waals surface area contributed by atoms with E-state index in [4.69, 9.17) is 0 Å². The lowest BCUT2D eigenvalue weighted by Crippen LogP contribution is -2.46. The van der Waals surface area contributed by atoms with E-state index in [1.54, 1.807) is 0 Å². The Morgan fingerprint density at radius 3 is 2.62 bits per heavy atom. The SMILES string of the molecule is CC1CCn2cc(C(=O)NC3CCN(C(=O)CCc4ccccc4)CC3)nc2C1. The second-order valence-corrected chi connectivity index (χ2v) is 8.45. The largest absolute Gasteiger partial charge is 0.348 e. The van der Waals surface area contributed by atoms with Crippen molar-refractivity contribution < 1.29 is 9.59 Å². The Hall–Kier alpha value is -2.63. The van der Waals surface area contributed by atoms with Crippen molar-refractivity contribution in [3.05, 3.63) is 53.6 Å². The number of benzene rings is 1. The summed E-state index contributed by atoms with van der Waals surface area (Å²) in [6.45, 7) is 4.58. The highest BCUT2D eigenvalue weighted by Gasteiger charge is 2.26. The molecule has 29 heavy (non-hydrogen) atoms. The van der Waals surface area contributed by atoms with Gasteiger partial charge < -0.3 is 14.8 Å². The van der Waals surface area contributed by atoms with E-state index in [1.165, 1.54) is 5.56 Å². The first-order valence-corrected chi connectivity index (χ1v) is 10.8. The Bertz CT molecular complexity index is 853. The maximum atomic E-state index is 12.6. The summed E-state index contributed by atoms with van der Waals surface area (Å²) in [6, 6.07) is 10.2. The minimum atomic E-state index is -0.0894. The molecule has 6 nitrogen and oxygen atoms in total. The molecule has 2 aliphatic heterocycles. The van der Waals surface area contributed by atoms with Gasteiger partial charge in [0.2, 0.25) is 5.91 Å². The molecule has 1 fully saturated rings. The normalized spacial score (nSPS) is 19.6. The molecular weight excluding hydrogens is 364 g/mol. The van der Waals surface area contributed by atoms with E-state index < -0.39 is 0 Å². The van der Waals surface area contributed by atoms with Gasteiger partial charge in [-0.15, -0.1) is 0 Å². The Morgan fingerprint density at radius 1 is 1.10 bits per heavy atom. The van der Waals surface area contributed by atoms with Crippen molar-refractivity contribution in [1.29, 1.82) is 0 Å². The van der Waals surface area contributed by atoms with Gasteiger partial charge in [-0.05, 0) is 37.2 Å². The highest BCUT2D eigenvalue weighted by molar-refractivity contribution is 5.92. The number of nitrogens with zero attached hydrogens (tertiary/aromatic N) is 3. The molecule has 2 aliphatic rings. The average Bonchev–Trinajstić information content (AvgIpc) is 3.17. The predicted molar refractivity (Wildman–Crippen MR) is 112 cm³/mol. The number of aryl methyl sites for hydroxylation is 2. The third-order valence-electron chi connectivity index (χ3n) is 6.14. The molecule has 0 saturated carbocycles. The van der Waals surface area contributed by atoms with Crippen molar-refractivity contribution in [1.82, 2.24) is 19.8 Å². The second kappa shape index (κ2) is 8.80. The zero-order valence-corrected chi connectivity index (χ0v) is 17.1. The third-order valence-corrected chi connectivity index (χ3v) is 6.14. The summed E-state index contributed by atoms with van der Waals surface area (Å²) >= 11 is 0. The number of hydrogen-bond acceptors (Lipinski definition) is 3. The van der Waals surface area contributed by atoms with Crippen LogP contribution in [0.25, 0.3) is 0 Å². The molecule has 154 valence electrons. The second-order valence-electron chi connectivity index (χ2n) is 8.45. The monoisotopic (exact) mass is 394 g/mol. The zero-order chi connectivity index (χ0) is 20.2. The number of aromatic nitrogens is 2. The summed E-state index contributed by atoms with van der Waals surface area (Å²) in [5.41, 5.74) is 1.72. The van der Waals surface area contributed by atoms with E-state index >= 15 is 0 Å². The van der Waals surface area contributed by atoms with Gasteiger partial charge in [0.15, 0.2) is 0 Å². The first-order valence-electron chi connectivity index (χ1n) is 10.8. The van der Waals surface area contributed by atoms with E-state index in [0.717, 1.165) is 44.5 Å². The standard InChI is InChI=1S/C23H30N4O2/c1-17-9-12-27-16-20(25-21(27)15-17)23(29)24-19-10-13-26(14-11-19)22(28)8-7-18-5-3-2-4-6-18/h2-6,16-17,19H,7-15H2,1H3,(H,24,29). The number of hydrogen-bond donors (Lipinski definition) is 1. The van der Waals surface area contributed by atoms with Crippen molar-refractivity contribution >= 4 is 11.8 Å². The molecule has 0 radical (unpaired) electrons. The molecule has 0 spiro atoms. The van der Waals surface area contributed by atoms with Gasteiger partial charge in [-0.25, -0.2) is 4.98 Å². The minimum absolute atomic E-state index is 0.0894. The van der Waals surface area contributed by atoms with Gasteiger partial charge in [-0.3, -0.25) is 9.59 Å². The van der Waals surface area contributed by atoms with Crippen LogP contribution < -0.4 is 5.32 Å². The van der Waals surface area contributed by atoms with Crippen LogP contribution in [0.1, 0.15) is 54.5 Å². The third kappa shape index (κ3) is 4.86. The number of imidazole rings is 1. The highest BCUT2D eigenvalue weighted by atomic mass is 16.2. The van der Waals surface area contributed by atoms with Gasteiger partial charge in [-0.1, -0.05) is 37.3 Å². The zero-order valence-electron chi connectivity index (χ0n) is 17.1. The molecule has 3 heterocycles. The summed E-state index contributed by atoms with van der Waals surface area (Å²) in [6.07, 6.45) is 6.89. The Morgan fingerprint density at radius 2 is 1.86 bits per heavy atom. The number of nitrogens with one attached hydrogen (secondary N) is 1. The van der Waals surface area contributed by atoms with Crippen LogP contribution in [0.4, 0.5) is 0 Å². The molecule has 4 rings (SSSR count). The van der Waals surface area contributed by atoms with Crippen molar-refractivity contribution in [3.63, 3.8) is 0 Å². The molecule has 2 aromatic rings. The fourth-order valence-electron chi connectivity index (χ4n) is 4.28. The van der Waals surface area contributed by atoms with Crippen molar-refractivity contribution in [2.45, 2.75) is 58.0 Å². The number of piperidine rings is 1. The quantitative estimate of drug-likeness (QED) is 0.848. The van der Waals surface area contributed by atoms with Crippen LogP contribution in [0, 0.1) is 5.92 Å². The summed E-state index contributed by atoms with van der Waals surface area (Å²) < 4.78 is 2.11. The van der Waals surface area contributed by atoms with Gasteiger partial charge in [0.1, 0.15) is 11.5 Å². The van der Waals surface area contributed by atoms with Crippen LogP contribution >= 0.6 is 0 Å². The lowest BCUT2D eigenvalue weighted by Gasteiger charge is -2.32. The minimum Gasteiger partial charge on any atom is -0.348 e. The predicted octanol–water partition coefficient (Wildman–Crippen LogP) is 2.82. The lowest BCUT2D eigenvalue weighted by molar-refractivity contribution is -0.132. The molecule has 6 heteroatoms. The first kappa shape index (κ1) is 19.7. The smallest absolute Gasteiger partial charge is 0.271 e. The van der Waals surface area contributed by atoms with E-state index in [0.29, 0.717) is 31.1 Å². The van der Waals surface area contributed by atoms with Crippen molar-refractivity contribution in [2.24, 2.45) is 5.92 Å². The van der Waals surface area contributed by atoms with Gasteiger partial charge in [0.25, 0.3) is 5.91 Å². The van der Waals surface area contributed by atoms with Crippen molar-refractivity contribution in [3.8, 4) is 0 Å². The Labute approximate surface area is 172 Å². The summed E-state index contributed by atoms with van der Waals surface area (Å²) in [7, 11) is 0. The van der Waals surface area contributed by atoms with Crippen LogP contribution in [0.3, 0.4) is 0 Å². The van der Waals surface area contributed by atoms with E-state index in [-0.39, 0.29) is 17.9 Å². The molecule has 1 N–H and O–H groups in total. The maximum Gasteiger partial charge on any atom is 0.271 e. The van der Waals surface area contributed by atoms with Gasteiger partial charge in [-0.2, -0.15) is 0 Å². The van der Waals surface area contributed by atoms with Crippen LogP contribution in [-0.4, -0.2) is 45.4 Å². The summed E-state index contributed by atoms with van der Waals surface area (Å²) in [4.78, 5) is 31.6. The van der Waals surface area contributed by atoms with Gasteiger partial charge in [0.05, 0.1) is 0 Å². The fraction of sp³-hybridized carbons (Fsp3) is 0.522. The van der Waals surface area contributed by atoms with Crippen molar-refractivity contribution in [2.75, 3.05) is 13.1 Å². The fourth-order valence-corrected chi connectivity index (χ4v) is 4.28. The number of fused-ring (bicyclic) bond motifs is 1. The molecule has 1 unspecified atom stereocenters. The Balaban J connectivity index is 1.23. The molecule has 0 bridgehead atoms. The van der Waals surface area contributed by atoms with Crippen LogP contribution in [0.15, 0.2) is 36.5 Å². The van der Waals surface area contributed by atoms with E-state index in [9.17, 15) is 9.59 Å². The molecular formula is C23H30N4O2. The van der Waals surface area contributed by atoms with E-state index in [2.05, 4.69) is 33.9 Å². The highest BCUT2D eigenvalue weighted by Crippen LogP contribution is 2.20. The number of carbonyl (C=O) groups excluding carboxylic acids is 2. The molecule has 1 atom stereocenters. The van der Waals surface area contributed by atoms with E-state index in [1.807, 2.05) is 29.3 Å². The number of carbonyl (C=O) groups is 2. The number of rotatable bonds is 5. The molecule has 2 amide bonds. The molecule has 0 aliphatic carbocycles. The Kier molecular flexibility index (Phi) is 5.97. The van der Waals surface area contributed by atoms with Crippen LogP contribution in [-0.2, 0) is 24.2 Å². The van der Waals surface area contributed by atoms with Crippen LogP contribution in [0.2, 0.25) is 0 Å². The summed E-state index contributed by atoms with van der Waals surface area (Å²) in [5, 5.41) is 3.12. The number of amides is 2. The topological polar surface area (TPSA) is 67.2 Å². The molecule has 1 aromatic heterocycles. The maximum absolute atomic E-state index is 12.6. The van der Waals surface area contributed by atoms with Crippen LogP contribution in [0.5, 0.6) is 0 Å². The van der Waals surface area contributed by atoms with Gasteiger partial charge in [0, 0.05) is 44.7 Å². The average molecular weight is 395 g/mol. The molecule has 1 aromatic carbocycles. The lowest BCUT2D eigenvalue weighted by atomic mass is 10.0. The number of likely N-dealkylation sites (tertiary alicyclic amines) is 1. The first-order chi connectivity index (χ1) is 14.1. The van der Waals surface area contributed by atoms with Gasteiger partial charge >= 0.3 is 0 Å². The molecule has 1 saturated heterocycles. The summed E-state index contributed by atoms with van der Waals surface area (Å²) in [5.74, 6) is 1.76.